The van der Waals surface area contributed by atoms with Crippen LogP contribution in [0.25, 0.3) is 29.6 Å². The summed E-state index contributed by atoms with van der Waals surface area (Å²) in [7, 11) is 0. The van der Waals surface area contributed by atoms with Gasteiger partial charge in [0.1, 0.15) is 43.7 Å². The van der Waals surface area contributed by atoms with E-state index in [0.717, 1.165) is 0 Å². The molecule has 0 saturated heterocycles. The van der Waals surface area contributed by atoms with E-state index in [0.29, 0.717) is 35.1 Å². The number of hydrogen-bond acceptors (Lipinski definition) is 10. The van der Waals surface area contributed by atoms with Crippen molar-refractivity contribution >= 4 is 76.1 Å². The number of benzene rings is 2. The van der Waals surface area contributed by atoms with Gasteiger partial charge in [-0.3, -0.25) is 23.6 Å². The SMILES string of the molecule is CC1C(OC(=O)CCF)c2cc3c(cc2C(OC(=O)CC(F)(F)F)C1C)sc1c2cc4c(cc2sc31)C(OC(=O)CC(F)(F)F)C(C)C(C)C4OC(=O)CC(F)(F)F. The van der Waals surface area contributed by atoms with Gasteiger partial charge in [-0.1, -0.05) is 27.7 Å². The standard InChI is InChI=1S/C38H34F10O8S2/c1-14-16(3)32(55-28(51)12-37(43,44)45)20-9-24-22(7-18(20)30(14)53-26(49)5-6-39)34-35(57-24)23-8-19-21(10-25(23)58-34)33(56-29(52)13-38(46,47)48)17(4)15(2)31(19)54-27(50)11-36(40,41)42/h7-10,14-17,30-33H,5-6,11-13H2,1-4H3. The highest BCUT2D eigenvalue weighted by molar-refractivity contribution is 7.36. The molecule has 6 rings (SSSR count). The summed E-state index contributed by atoms with van der Waals surface area (Å²) < 4.78 is 156. The largest absolute Gasteiger partial charge is 0.457 e. The molecule has 316 valence electrons. The molecule has 0 spiro atoms. The summed E-state index contributed by atoms with van der Waals surface area (Å²) in [6, 6.07) is 6.27. The predicted octanol–water partition coefficient (Wildman–Crippen LogP) is 11.4. The van der Waals surface area contributed by atoms with E-state index >= 15 is 0 Å². The molecule has 0 bridgehead atoms. The molecule has 2 aromatic carbocycles. The van der Waals surface area contributed by atoms with Crippen LogP contribution >= 0.6 is 22.7 Å². The molecule has 0 radical (unpaired) electrons. The quantitative estimate of drug-likeness (QED) is 0.0930. The summed E-state index contributed by atoms with van der Waals surface area (Å²) >= 11 is 2.37. The molecule has 0 N–H and O–H groups in total. The molecule has 8 atom stereocenters. The Morgan fingerprint density at radius 1 is 0.500 bits per heavy atom. The second kappa shape index (κ2) is 15.8. The molecular formula is C38H34F10O8S2. The number of alkyl halides is 10. The number of rotatable bonds is 9. The molecule has 2 aromatic heterocycles. The zero-order chi connectivity index (χ0) is 42.8. The second-order valence-corrected chi connectivity index (χ2v) is 16.8. The fourth-order valence-electron chi connectivity index (χ4n) is 7.64. The van der Waals surface area contributed by atoms with Crippen LogP contribution in [0, 0.1) is 23.7 Å². The fourth-order valence-corrected chi connectivity index (χ4v) is 10.3. The van der Waals surface area contributed by atoms with E-state index in [1.807, 2.05) is 0 Å². The van der Waals surface area contributed by atoms with Gasteiger partial charge in [0.25, 0.3) is 0 Å². The number of halogens is 10. The van der Waals surface area contributed by atoms with Gasteiger partial charge in [0.05, 0.1) is 22.5 Å². The number of thiophene rings is 2. The first-order valence-corrected chi connectivity index (χ1v) is 19.5. The maximum Gasteiger partial charge on any atom is 0.399 e. The van der Waals surface area contributed by atoms with Crippen LogP contribution in [0.2, 0.25) is 0 Å². The minimum atomic E-state index is -4.91. The third kappa shape index (κ3) is 9.01. The second-order valence-electron chi connectivity index (χ2n) is 14.7. The van der Waals surface area contributed by atoms with Gasteiger partial charge in [-0.05, 0) is 24.3 Å². The summed E-state index contributed by atoms with van der Waals surface area (Å²) in [6.07, 6.45) is -25.8. The monoisotopic (exact) mass is 872 g/mol. The summed E-state index contributed by atoms with van der Waals surface area (Å²) in [5, 5.41) is 1.03. The fraction of sp³-hybridized carbons (Fsp3) is 0.526. The summed E-state index contributed by atoms with van der Waals surface area (Å²) in [5.74, 6) is -8.62. The highest BCUT2D eigenvalue weighted by Crippen LogP contribution is 2.55. The van der Waals surface area contributed by atoms with Crippen molar-refractivity contribution in [3.8, 4) is 0 Å². The normalized spacial score (nSPS) is 25.0. The molecule has 0 aliphatic heterocycles. The first-order chi connectivity index (χ1) is 26.9. The maximum atomic E-state index is 13.2. The third-order valence-electron chi connectivity index (χ3n) is 10.7. The lowest BCUT2D eigenvalue weighted by Gasteiger charge is -2.40. The average Bonchev–Trinajstić information content (AvgIpc) is 3.60. The molecule has 58 heavy (non-hydrogen) atoms. The highest BCUT2D eigenvalue weighted by Gasteiger charge is 2.46. The minimum absolute atomic E-state index is 0.106. The molecule has 2 heterocycles. The van der Waals surface area contributed by atoms with E-state index in [9.17, 15) is 63.1 Å². The first-order valence-electron chi connectivity index (χ1n) is 17.9. The van der Waals surface area contributed by atoms with Crippen molar-refractivity contribution in [1.82, 2.24) is 0 Å². The number of carbonyl (C=O) groups is 4. The molecular weight excluding hydrogens is 839 g/mol. The van der Waals surface area contributed by atoms with Gasteiger partial charge in [0.2, 0.25) is 0 Å². The zero-order valence-electron chi connectivity index (χ0n) is 30.8. The van der Waals surface area contributed by atoms with Crippen LogP contribution in [0.1, 0.15) is 100 Å². The van der Waals surface area contributed by atoms with E-state index in [4.69, 9.17) is 18.9 Å². The van der Waals surface area contributed by atoms with Crippen molar-refractivity contribution in [3.63, 3.8) is 0 Å². The number of fused-ring (bicyclic) bond motifs is 7. The van der Waals surface area contributed by atoms with Crippen molar-refractivity contribution in [2.24, 2.45) is 23.7 Å². The summed E-state index contributed by atoms with van der Waals surface area (Å²) in [4.78, 5) is 50.1. The Morgan fingerprint density at radius 3 is 1.05 bits per heavy atom. The Morgan fingerprint density at radius 2 is 0.776 bits per heavy atom. The molecule has 0 fully saturated rings. The van der Waals surface area contributed by atoms with E-state index < -0.39 is 123 Å². The molecule has 2 aliphatic rings. The number of hydrogen-bond donors (Lipinski definition) is 0. The van der Waals surface area contributed by atoms with E-state index in [2.05, 4.69) is 0 Å². The lowest BCUT2D eigenvalue weighted by Crippen LogP contribution is -2.35. The van der Waals surface area contributed by atoms with E-state index in [1.165, 1.54) is 48.7 Å². The first kappa shape index (κ1) is 43.4. The van der Waals surface area contributed by atoms with Gasteiger partial charge in [0.15, 0.2) is 0 Å². The van der Waals surface area contributed by atoms with Gasteiger partial charge in [-0.15, -0.1) is 22.7 Å². The number of carbonyl (C=O) groups excluding carboxylic acids is 4. The molecule has 8 nitrogen and oxygen atoms in total. The summed E-state index contributed by atoms with van der Waals surface area (Å²) in [5.41, 5.74) is 0.780. The van der Waals surface area contributed by atoms with E-state index in [-0.39, 0.29) is 16.7 Å². The molecule has 4 aromatic rings. The van der Waals surface area contributed by atoms with E-state index in [1.54, 1.807) is 26.0 Å². The van der Waals surface area contributed by atoms with Crippen molar-refractivity contribution in [2.45, 2.75) is 96.3 Å². The van der Waals surface area contributed by atoms with Crippen LogP contribution < -0.4 is 0 Å². The molecule has 20 heteroatoms. The van der Waals surface area contributed by atoms with Gasteiger partial charge in [-0.2, -0.15) is 39.5 Å². The lowest BCUT2D eigenvalue weighted by atomic mass is 9.73. The number of ether oxygens (including phenoxy) is 4. The Balaban J connectivity index is 1.52. The summed E-state index contributed by atoms with van der Waals surface area (Å²) in [6.45, 7) is 5.23. The van der Waals surface area contributed by atoms with Gasteiger partial charge < -0.3 is 18.9 Å². The third-order valence-corrected chi connectivity index (χ3v) is 13.2. The zero-order valence-corrected chi connectivity index (χ0v) is 32.5. The smallest absolute Gasteiger partial charge is 0.399 e. The molecule has 8 unspecified atom stereocenters. The van der Waals surface area contributed by atoms with Crippen molar-refractivity contribution in [3.05, 3.63) is 46.5 Å². The van der Waals surface area contributed by atoms with Crippen LogP contribution in [-0.4, -0.2) is 49.1 Å². The van der Waals surface area contributed by atoms with Gasteiger partial charge in [0, 0.05) is 66.1 Å². The topological polar surface area (TPSA) is 105 Å². The van der Waals surface area contributed by atoms with Crippen LogP contribution in [-0.2, 0) is 38.1 Å². The van der Waals surface area contributed by atoms with Crippen molar-refractivity contribution in [2.75, 3.05) is 6.67 Å². The van der Waals surface area contributed by atoms with Crippen LogP contribution in [0.15, 0.2) is 24.3 Å². The average molecular weight is 873 g/mol. The lowest BCUT2D eigenvalue weighted by molar-refractivity contribution is -0.187. The van der Waals surface area contributed by atoms with Crippen molar-refractivity contribution < 1.29 is 82.0 Å². The molecule has 2 aliphatic carbocycles. The van der Waals surface area contributed by atoms with Gasteiger partial charge >= 0.3 is 42.4 Å². The van der Waals surface area contributed by atoms with Crippen molar-refractivity contribution in [1.29, 1.82) is 0 Å². The Kier molecular flexibility index (Phi) is 11.8. The minimum Gasteiger partial charge on any atom is -0.457 e. The van der Waals surface area contributed by atoms with Crippen LogP contribution in [0.4, 0.5) is 43.9 Å². The van der Waals surface area contributed by atoms with Crippen LogP contribution in [0.5, 0.6) is 0 Å². The van der Waals surface area contributed by atoms with Gasteiger partial charge in [-0.25, -0.2) is 0 Å². The Hall–Kier alpha value is -4.20. The Labute approximate surface area is 330 Å². The Bertz CT molecular complexity index is 2260. The number of esters is 4. The van der Waals surface area contributed by atoms with Crippen LogP contribution in [0.3, 0.4) is 0 Å². The maximum absolute atomic E-state index is 13.2. The predicted molar refractivity (Wildman–Crippen MR) is 189 cm³/mol. The molecule has 0 saturated carbocycles. The molecule has 0 amide bonds. The highest BCUT2D eigenvalue weighted by atomic mass is 32.1.